The maximum atomic E-state index is 12.9. The largest absolute Gasteiger partial charge is 0.507 e. The predicted octanol–water partition coefficient (Wildman–Crippen LogP) is 5.57. The van der Waals surface area contributed by atoms with Crippen LogP contribution in [0.1, 0.15) is 11.1 Å². The SMILES string of the molecule is Cc1c(Cl)cccc1NS(=O)(=O)c1ccc(O)c(S(=O)(=O)Nc2ccc(Cl)c(Cl)c2C)c1. The van der Waals surface area contributed by atoms with Gasteiger partial charge >= 0.3 is 0 Å². The molecule has 0 saturated heterocycles. The Hall–Kier alpha value is -2.17. The zero-order valence-electron chi connectivity index (χ0n) is 16.6. The highest BCUT2D eigenvalue weighted by Crippen LogP contribution is 2.34. The van der Waals surface area contributed by atoms with E-state index in [0.717, 1.165) is 18.2 Å². The molecule has 12 heteroatoms. The molecule has 0 fully saturated rings. The molecule has 0 heterocycles. The maximum Gasteiger partial charge on any atom is 0.265 e. The summed E-state index contributed by atoms with van der Waals surface area (Å²) in [5.41, 5.74) is 1.23. The van der Waals surface area contributed by atoms with Crippen molar-refractivity contribution < 1.29 is 21.9 Å². The quantitative estimate of drug-likeness (QED) is 0.382. The fourth-order valence-corrected chi connectivity index (χ4v) is 5.77. The van der Waals surface area contributed by atoms with Gasteiger partial charge in [-0.1, -0.05) is 40.9 Å². The summed E-state index contributed by atoms with van der Waals surface area (Å²) in [6, 6.07) is 10.4. The van der Waals surface area contributed by atoms with Crippen molar-refractivity contribution in [2.45, 2.75) is 23.6 Å². The van der Waals surface area contributed by atoms with Crippen molar-refractivity contribution in [1.82, 2.24) is 0 Å². The number of aromatic hydroxyl groups is 1. The van der Waals surface area contributed by atoms with Crippen LogP contribution in [0.15, 0.2) is 58.3 Å². The lowest BCUT2D eigenvalue weighted by molar-refractivity contribution is 0.458. The molecule has 170 valence electrons. The van der Waals surface area contributed by atoms with E-state index < -0.39 is 30.7 Å². The molecule has 0 saturated carbocycles. The molecule has 0 aliphatic rings. The van der Waals surface area contributed by atoms with Crippen LogP contribution < -0.4 is 9.44 Å². The molecule has 7 nitrogen and oxygen atoms in total. The molecular weight excluding hydrogens is 519 g/mol. The Morgan fingerprint density at radius 2 is 1.38 bits per heavy atom. The van der Waals surface area contributed by atoms with Gasteiger partial charge in [0.05, 0.1) is 26.3 Å². The Morgan fingerprint density at radius 3 is 2.06 bits per heavy atom. The molecule has 0 atom stereocenters. The zero-order valence-corrected chi connectivity index (χ0v) is 20.6. The lowest BCUT2D eigenvalue weighted by Crippen LogP contribution is -2.17. The Bertz CT molecular complexity index is 1430. The van der Waals surface area contributed by atoms with Crippen LogP contribution in [-0.4, -0.2) is 21.9 Å². The van der Waals surface area contributed by atoms with Crippen LogP contribution in [-0.2, 0) is 20.0 Å². The van der Waals surface area contributed by atoms with E-state index in [2.05, 4.69) is 9.44 Å². The van der Waals surface area contributed by atoms with E-state index in [-0.39, 0.29) is 26.3 Å². The molecule has 0 bridgehead atoms. The summed E-state index contributed by atoms with van der Waals surface area (Å²) in [4.78, 5) is -1.01. The highest BCUT2D eigenvalue weighted by molar-refractivity contribution is 7.93. The van der Waals surface area contributed by atoms with Gasteiger partial charge in [-0.2, -0.15) is 0 Å². The molecule has 3 N–H and O–H groups in total. The first-order chi connectivity index (χ1) is 14.8. The molecule has 0 radical (unpaired) electrons. The van der Waals surface area contributed by atoms with Crippen molar-refractivity contribution in [2.75, 3.05) is 9.44 Å². The summed E-state index contributed by atoms with van der Waals surface area (Å²) < 4.78 is 56.3. The Balaban J connectivity index is 2.01. The van der Waals surface area contributed by atoms with Gasteiger partial charge in [-0.3, -0.25) is 9.44 Å². The fourth-order valence-electron chi connectivity index (χ4n) is 2.76. The summed E-state index contributed by atoms with van der Waals surface area (Å²) in [5.74, 6) is -0.631. The van der Waals surface area contributed by atoms with Crippen LogP contribution >= 0.6 is 34.8 Å². The summed E-state index contributed by atoms with van der Waals surface area (Å²) in [6.45, 7) is 3.19. The number of hydrogen-bond acceptors (Lipinski definition) is 5. The van der Waals surface area contributed by atoms with Gasteiger partial charge in [-0.05, 0) is 67.4 Å². The molecule has 32 heavy (non-hydrogen) atoms. The third-order valence-corrected chi connectivity index (χ3v) is 8.69. The first-order valence-electron chi connectivity index (χ1n) is 8.92. The van der Waals surface area contributed by atoms with E-state index in [9.17, 15) is 21.9 Å². The van der Waals surface area contributed by atoms with E-state index in [1.54, 1.807) is 26.0 Å². The first-order valence-corrected chi connectivity index (χ1v) is 13.0. The molecule has 3 aromatic carbocycles. The normalized spacial score (nSPS) is 11.9. The lowest BCUT2D eigenvalue weighted by atomic mass is 10.2. The van der Waals surface area contributed by atoms with E-state index >= 15 is 0 Å². The Labute approximate surface area is 201 Å². The molecule has 0 aromatic heterocycles. The predicted molar refractivity (Wildman–Crippen MR) is 127 cm³/mol. The topological polar surface area (TPSA) is 113 Å². The van der Waals surface area contributed by atoms with Gasteiger partial charge in [0.1, 0.15) is 10.6 Å². The highest BCUT2D eigenvalue weighted by atomic mass is 35.5. The Morgan fingerprint density at radius 1 is 0.750 bits per heavy atom. The van der Waals surface area contributed by atoms with Crippen molar-refractivity contribution in [3.63, 3.8) is 0 Å². The third kappa shape index (κ3) is 4.92. The number of anilines is 2. The average Bonchev–Trinajstić information content (AvgIpc) is 2.72. The monoisotopic (exact) mass is 534 g/mol. The van der Waals surface area contributed by atoms with E-state index in [0.29, 0.717) is 16.1 Å². The second-order valence-corrected chi connectivity index (χ2v) is 11.3. The molecule has 0 spiro atoms. The van der Waals surface area contributed by atoms with Crippen LogP contribution in [0.3, 0.4) is 0 Å². The van der Waals surface area contributed by atoms with Crippen molar-refractivity contribution in [1.29, 1.82) is 0 Å². The number of benzene rings is 3. The number of rotatable bonds is 6. The van der Waals surface area contributed by atoms with Crippen LogP contribution in [0.4, 0.5) is 11.4 Å². The second-order valence-electron chi connectivity index (χ2n) is 6.79. The number of halogens is 3. The molecule has 0 unspecified atom stereocenters. The third-order valence-electron chi connectivity index (χ3n) is 4.63. The van der Waals surface area contributed by atoms with Gasteiger partial charge in [0.15, 0.2) is 0 Å². The fraction of sp³-hybridized carbons (Fsp3) is 0.100. The highest BCUT2D eigenvalue weighted by Gasteiger charge is 2.25. The van der Waals surface area contributed by atoms with E-state index in [1.165, 1.54) is 18.2 Å². The molecular formula is C20H17Cl3N2O5S2. The van der Waals surface area contributed by atoms with E-state index in [1.807, 2.05) is 0 Å². The average molecular weight is 536 g/mol. The van der Waals surface area contributed by atoms with Gasteiger partial charge < -0.3 is 5.11 Å². The van der Waals surface area contributed by atoms with Gasteiger partial charge in [-0.25, -0.2) is 16.8 Å². The smallest absolute Gasteiger partial charge is 0.265 e. The van der Waals surface area contributed by atoms with E-state index in [4.69, 9.17) is 34.8 Å². The molecule has 0 aliphatic carbocycles. The van der Waals surface area contributed by atoms with Crippen LogP contribution in [0.5, 0.6) is 5.75 Å². The molecule has 0 aliphatic heterocycles. The first kappa shape index (κ1) is 24.5. The molecule has 0 amide bonds. The summed E-state index contributed by atoms with van der Waals surface area (Å²) >= 11 is 18.0. The number of phenols is 1. The van der Waals surface area contributed by atoms with Gasteiger partial charge in [0.25, 0.3) is 20.0 Å². The zero-order chi connectivity index (χ0) is 23.8. The van der Waals surface area contributed by atoms with Crippen molar-refractivity contribution in [3.05, 3.63) is 74.7 Å². The number of phenolic OH excluding ortho intramolecular Hbond substituents is 1. The van der Waals surface area contributed by atoms with Crippen LogP contribution in [0, 0.1) is 13.8 Å². The van der Waals surface area contributed by atoms with Gasteiger partial charge in [0.2, 0.25) is 0 Å². The summed E-state index contributed by atoms with van der Waals surface area (Å²) in [5, 5.41) is 10.9. The minimum absolute atomic E-state index is 0.125. The minimum Gasteiger partial charge on any atom is -0.507 e. The van der Waals surface area contributed by atoms with Gasteiger partial charge in [-0.15, -0.1) is 0 Å². The van der Waals surface area contributed by atoms with Crippen LogP contribution in [0.2, 0.25) is 15.1 Å². The minimum atomic E-state index is -4.38. The summed E-state index contributed by atoms with van der Waals surface area (Å²) in [7, 11) is -8.58. The van der Waals surface area contributed by atoms with Crippen molar-refractivity contribution >= 4 is 66.2 Å². The number of sulfonamides is 2. The maximum absolute atomic E-state index is 12.9. The lowest BCUT2D eigenvalue weighted by Gasteiger charge is -2.15. The van der Waals surface area contributed by atoms with Crippen LogP contribution in [0.25, 0.3) is 0 Å². The standard InChI is InChI=1S/C20H17Cl3N2O5S2/c1-11-14(21)4-3-5-16(11)24-31(27,28)13-6-9-18(26)19(10-13)32(29,30)25-17-8-7-15(22)20(23)12(17)2/h3-10,24-26H,1-2H3. The van der Waals surface area contributed by atoms with Gasteiger partial charge in [0, 0.05) is 5.02 Å². The molecule has 3 aromatic rings. The number of hydrogen-bond donors (Lipinski definition) is 3. The summed E-state index contributed by atoms with van der Waals surface area (Å²) in [6.07, 6.45) is 0. The molecule has 3 rings (SSSR count). The Kier molecular flexibility index (Phi) is 6.88. The number of nitrogens with one attached hydrogen (secondary N) is 2. The van der Waals surface area contributed by atoms with Crippen molar-refractivity contribution in [3.8, 4) is 5.75 Å². The second kappa shape index (κ2) is 8.99. The van der Waals surface area contributed by atoms with Crippen molar-refractivity contribution in [2.24, 2.45) is 0 Å².